The lowest BCUT2D eigenvalue weighted by Gasteiger charge is -1.97. The van der Waals surface area contributed by atoms with Crippen molar-refractivity contribution in [2.24, 2.45) is 0 Å². The summed E-state index contributed by atoms with van der Waals surface area (Å²) in [5, 5.41) is 31.2. The second-order valence-electron chi connectivity index (χ2n) is 5.14. The molecule has 8 nitrogen and oxygen atoms in total. The average Bonchev–Trinajstić information content (AvgIpc) is 2.55. The molecule has 150 valence electrons. The van der Waals surface area contributed by atoms with Gasteiger partial charge in [-0.25, -0.2) is 19.2 Å². The van der Waals surface area contributed by atoms with Gasteiger partial charge in [-0.1, -0.05) is 65.2 Å². The van der Waals surface area contributed by atoms with Gasteiger partial charge in [0.2, 0.25) is 0 Å². The van der Waals surface area contributed by atoms with E-state index >= 15 is 0 Å². The minimum Gasteiger partial charge on any atom is -0.478 e. The summed E-state index contributed by atoms with van der Waals surface area (Å²) < 4.78 is 0. The first kappa shape index (κ1) is 28.2. The van der Waals surface area contributed by atoms with Gasteiger partial charge in [0.25, 0.3) is 0 Å². The molecule has 4 N–H and O–H groups in total. The molecule has 0 amide bonds. The zero-order chi connectivity index (χ0) is 20.8. The van der Waals surface area contributed by atoms with Crippen molar-refractivity contribution in [1.29, 1.82) is 0 Å². The lowest BCUT2D eigenvalue weighted by atomic mass is 10.1. The number of rotatable bonds is 11. The Hall–Kier alpha value is -2.64. The highest BCUT2D eigenvalue weighted by Gasteiger charge is 1.89. The number of aliphatic carboxylic acids is 4. The van der Waals surface area contributed by atoms with Gasteiger partial charge in [0.15, 0.2) is 0 Å². The van der Waals surface area contributed by atoms with Crippen LogP contribution in [0.5, 0.6) is 0 Å². The van der Waals surface area contributed by atoms with Gasteiger partial charge in [0.1, 0.15) is 0 Å². The van der Waals surface area contributed by atoms with Crippen LogP contribution in [0.4, 0.5) is 0 Å². The van der Waals surface area contributed by atoms with Gasteiger partial charge in [-0.05, 0) is 0 Å². The van der Waals surface area contributed by atoms with Gasteiger partial charge in [-0.2, -0.15) is 0 Å². The number of hydrogen-bond donors (Lipinski definition) is 4. The fourth-order valence-electron chi connectivity index (χ4n) is 1.49. The fraction of sp³-hybridized carbons (Fsp3) is 0.556. The smallest absolute Gasteiger partial charge is 0.328 e. The van der Waals surface area contributed by atoms with Gasteiger partial charge in [0.05, 0.1) is 0 Å². The van der Waals surface area contributed by atoms with Crippen LogP contribution in [0, 0.1) is 0 Å². The van der Waals surface area contributed by atoms with E-state index < -0.39 is 23.9 Å². The highest BCUT2D eigenvalue weighted by atomic mass is 16.4. The first-order valence-corrected chi connectivity index (χ1v) is 8.45. The normalized spacial score (nSPS) is 9.77. The molecule has 0 heterocycles. The summed E-state index contributed by atoms with van der Waals surface area (Å²) in [7, 11) is 0. The monoisotopic (exact) mass is 374 g/mol. The van der Waals surface area contributed by atoms with Crippen LogP contribution in [0.15, 0.2) is 24.3 Å². The number of hydrogen-bond acceptors (Lipinski definition) is 4. The molecule has 0 unspecified atom stereocenters. The van der Waals surface area contributed by atoms with Gasteiger partial charge in [-0.3, -0.25) is 0 Å². The van der Waals surface area contributed by atoms with Crippen LogP contribution >= 0.6 is 0 Å². The molecule has 0 aliphatic rings. The molecule has 0 rings (SSSR count). The minimum atomic E-state index is -1.26. The van der Waals surface area contributed by atoms with E-state index in [-0.39, 0.29) is 0 Å². The van der Waals surface area contributed by atoms with E-state index in [4.69, 9.17) is 20.4 Å². The maximum Gasteiger partial charge on any atom is 0.328 e. The quantitative estimate of drug-likeness (QED) is 0.317. The molecule has 0 bridgehead atoms. The molecule has 0 aliphatic heterocycles. The van der Waals surface area contributed by atoms with Gasteiger partial charge < -0.3 is 20.4 Å². The maximum absolute atomic E-state index is 9.55. The molecule has 0 fully saturated rings. The van der Waals surface area contributed by atoms with Crippen LogP contribution in [0.25, 0.3) is 0 Å². The lowest BCUT2D eigenvalue weighted by Crippen LogP contribution is -1.91. The maximum atomic E-state index is 9.55. The van der Waals surface area contributed by atoms with Crippen molar-refractivity contribution in [3.63, 3.8) is 0 Å². The molecule has 0 aromatic carbocycles. The van der Waals surface area contributed by atoms with Crippen LogP contribution in [0.2, 0.25) is 0 Å². The summed E-state index contributed by atoms with van der Waals surface area (Å²) in [6.07, 6.45) is 13.7. The summed E-state index contributed by atoms with van der Waals surface area (Å²) >= 11 is 0. The van der Waals surface area contributed by atoms with E-state index in [2.05, 4.69) is 13.8 Å². The van der Waals surface area contributed by atoms with E-state index in [9.17, 15) is 19.2 Å². The summed E-state index contributed by atoms with van der Waals surface area (Å²) in [6, 6.07) is 0. The topological polar surface area (TPSA) is 149 Å². The van der Waals surface area contributed by atoms with Gasteiger partial charge >= 0.3 is 23.9 Å². The summed E-state index contributed by atoms with van der Waals surface area (Å²) in [6.45, 7) is 4.54. The minimum absolute atomic E-state index is 0.558. The SMILES string of the molecule is CCCCCCCCCC.O=C(O)/C=C/C(=O)O.O=C(O)/C=C/C(=O)O. The third-order valence-corrected chi connectivity index (χ3v) is 2.69. The molecule has 0 radical (unpaired) electrons. The molecule has 0 saturated heterocycles. The molecule has 0 aliphatic carbocycles. The van der Waals surface area contributed by atoms with Crippen LogP contribution in [-0.2, 0) is 19.2 Å². The van der Waals surface area contributed by atoms with Gasteiger partial charge in [-0.15, -0.1) is 0 Å². The van der Waals surface area contributed by atoms with Gasteiger partial charge in [0, 0.05) is 24.3 Å². The second kappa shape index (κ2) is 22.4. The molecule has 0 spiro atoms. The zero-order valence-corrected chi connectivity index (χ0v) is 15.4. The van der Waals surface area contributed by atoms with Crippen LogP contribution in [-0.4, -0.2) is 44.3 Å². The van der Waals surface area contributed by atoms with E-state index in [0.29, 0.717) is 24.3 Å². The van der Waals surface area contributed by atoms with E-state index in [1.807, 2.05) is 0 Å². The zero-order valence-electron chi connectivity index (χ0n) is 15.4. The number of carbonyl (C=O) groups is 4. The standard InChI is InChI=1S/C10H22.2C4H4O4/c1-3-5-7-9-10-8-6-4-2;2*5-3(6)1-2-4(7)8/h3-10H2,1-2H3;2*1-2H,(H,5,6)(H,7,8)/b;2*2-1+. The summed E-state index contributed by atoms with van der Waals surface area (Å²) in [5.41, 5.74) is 0. The lowest BCUT2D eigenvalue weighted by molar-refractivity contribution is -0.134. The first-order valence-electron chi connectivity index (χ1n) is 8.45. The molecule has 0 aromatic heterocycles. The van der Waals surface area contributed by atoms with Crippen molar-refractivity contribution in [1.82, 2.24) is 0 Å². The number of unbranched alkanes of at least 4 members (excludes halogenated alkanes) is 7. The Morgan fingerprint density at radius 2 is 0.692 bits per heavy atom. The third kappa shape index (κ3) is 42.9. The largest absolute Gasteiger partial charge is 0.478 e. The number of carboxylic acid groups (broad SMARTS) is 4. The first-order chi connectivity index (χ1) is 12.2. The molecular weight excluding hydrogens is 344 g/mol. The van der Waals surface area contributed by atoms with Crippen LogP contribution in [0.3, 0.4) is 0 Å². The second-order valence-corrected chi connectivity index (χ2v) is 5.14. The summed E-state index contributed by atoms with van der Waals surface area (Å²) in [5.74, 6) is -5.03. The Morgan fingerprint density at radius 3 is 0.846 bits per heavy atom. The highest BCUT2D eigenvalue weighted by Crippen LogP contribution is 2.07. The van der Waals surface area contributed by atoms with Crippen molar-refractivity contribution < 1.29 is 39.6 Å². The van der Waals surface area contributed by atoms with E-state index in [0.717, 1.165) is 0 Å². The molecule has 0 atom stereocenters. The van der Waals surface area contributed by atoms with Crippen molar-refractivity contribution >= 4 is 23.9 Å². The fourth-order valence-corrected chi connectivity index (χ4v) is 1.49. The van der Waals surface area contributed by atoms with Crippen molar-refractivity contribution in [3.8, 4) is 0 Å². The predicted octanol–water partition coefficient (Wildman–Crippen LogP) is 3.57. The third-order valence-electron chi connectivity index (χ3n) is 2.69. The van der Waals surface area contributed by atoms with Crippen LogP contribution in [0.1, 0.15) is 65.2 Å². The predicted molar refractivity (Wildman–Crippen MR) is 97.1 cm³/mol. The Bertz CT molecular complexity index is 378. The van der Waals surface area contributed by atoms with Crippen molar-refractivity contribution in [2.75, 3.05) is 0 Å². The Balaban J connectivity index is -0.000000308. The van der Waals surface area contributed by atoms with Crippen molar-refractivity contribution in [3.05, 3.63) is 24.3 Å². The molecule has 26 heavy (non-hydrogen) atoms. The molecule has 0 aromatic rings. The Labute approximate surface area is 153 Å². The molecule has 0 saturated carbocycles. The Morgan fingerprint density at radius 1 is 0.500 bits per heavy atom. The van der Waals surface area contributed by atoms with E-state index in [1.165, 1.54) is 51.4 Å². The summed E-state index contributed by atoms with van der Waals surface area (Å²) in [4.78, 5) is 38.2. The molecule has 8 heteroatoms. The number of carboxylic acids is 4. The van der Waals surface area contributed by atoms with Crippen LogP contribution < -0.4 is 0 Å². The van der Waals surface area contributed by atoms with E-state index in [1.54, 1.807) is 0 Å². The Kier molecular flexibility index (Phi) is 24.2. The molecular formula is C18H30O8. The van der Waals surface area contributed by atoms with Crippen molar-refractivity contribution in [2.45, 2.75) is 65.2 Å². The average molecular weight is 374 g/mol. The highest BCUT2D eigenvalue weighted by molar-refractivity contribution is 5.90.